The number of amides is 4. The number of nitrogens with zero attached hydrogens (tertiary/aromatic N) is 1. The van der Waals surface area contributed by atoms with Gasteiger partial charge in [0.05, 0.1) is 13.0 Å². The van der Waals surface area contributed by atoms with Gasteiger partial charge < -0.3 is 30.7 Å². The van der Waals surface area contributed by atoms with Crippen LogP contribution in [0.1, 0.15) is 103 Å². The highest BCUT2D eigenvalue weighted by Gasteiger charge is 2.39. The fourth-order valence-corrected chi connectivity index (χ4v) is 4.71. The van der Waals surface area contributed by atoms with Crippen molar-refractivity contribution in [2.24, 2.45) is 11.7 Å². The molecule has 0 bridgehead atoms. The highest BCUT2D eigenvalue weighted by Crippen LogP contribution is 2.29. The number of ether oxygens (including phenoxy) is 2. The number of alkyl carbamates (subject to hydrolysis) is 1. The van der Waals surface area contributed by atoms with Crippen molar-refractivity contribution < 1.29 is 33.4 Å². The molecule has 0 aliphatic heterocycles. The second kappa shape index (κ2) is 17.5. The van der Waals surface area contributed by atoms with Crippen LogP contribution >= 0.6 is 0 Å². The lowest BCUT2D eigenvalue weighted by Gasteiger charge is -2.39. The summed E-state index contributed by atoms with van der Waals surface area (Å²) in [5, 5.41) is 5.42. The second-order valence-corrected chi connectivity index (χ2v) is 12.4. The summed E-state index contributed by atoms with van der Waals surface area (Å²) in [5.41, 5.74) is 6.97. The molecular weight excluding hydrogens is 552 g/mol. The number of esters is 1. The number of carbonyl (C=O) groups is 5. The maximum Gasteiger partial charge on any atom is 0.408 e. The monoisotopic (exact) mass is 604 g/mol. The first-order valence-corrected chi connectivity index (χ1v) is 15.1. The van der Waals surface area contributed by atoms with Crippen LogP contribution in [0.3, 0.4) is 0 Å². The predicted octanol–water partition coefficient (Wildman–Crippen LogP) is 4.23. The Kier molecular flexibility index (Phi) is 15.2. The van der Waals surface area contributed by atoms with E-state index in [0.29, 0.717) is 17.9 Å². The maximum atomic E-state index is 14.4. The molecule has 0 saturated carbocycles. The van der Waals surface area contributed by atoms with E-state index < -0.39 is 53.5 Å². The van der Waals surface area contributed by atoms with E-state index in [9.17, 15) is 24.0 Å². The Labute approximate surface area is 256 Å². The molecule has 1 rings (SSSR count). The molecule has 0 saturated heterocycles. The third kappa shape index (κ3) is 13.9. The molecule has 4 N–H and O–H groups in total. The van der Waals surface area contributed by atoms with Gasteiger partial charge in [-0.15, -0.1) is 0 Å². The van der Waals surface area contributed by atoms with E-state index in [1.165, 1.54) is 4.90 Å². The molecule has 11 nitrogen and oxygen atoms in total. The first-order valence-electron chi connectivity index (χ1n) is 15.1. The van der Waals surface area contributed by atoms with Gasteiger partial charge in [0.25, 0.3) is 0 Å². The Bertz CT molecular complexity index is 1090. The molecule has 1 aromatic carbocycles. The Morgan fingerprint density at radius 2 is 1.53 bits per heavy atom. The van der Waals surface area contributed by atoms with Gasteiger partial charge >= 0.3 is 12.1 Å². The first kappa shape index (κ1) is 37.4. The Balaban J connectivity index is 3.66. The maximum absolute atomic E-state index is 14.4. The van der Waals surface area contributed by atoms with Crippen LogP contribution in [0.5, 0.6) is 0 Å². The number of nitrogens with one attached hydrogen (secondary N) is 2. The van der Waals surface area contributed by atoms with E-state index >= 15 is 0 Å². The molecule has 0 heterocycles. The largest absolute Gasteiger partial charge is 0.466 e. The highest BCUT2D eigenvalue weighted by molar-refractivity contribution is 5.93. The number of aryl methyl sites for hydroxylation is 2. The van der Waals surface area contributed by atoms with Crippen molar-refractivity contribution in [1.29, 1.82) is 0 Å². The lowest BCUT2D eigenvalue weighted by molar-refractivity contribution is -0.146. The SMILES string of the molecule is CCOC(=O)CCNC(=O)C(c1cc(C)cc(C)c1)N(C(=O)C(CCC(N)=O)NC(=O)OC(C)(C)C)C(C)CCC(C)C. The topological polar surface area (TPSA) is 157 Å². The summed E-state index contributed by atoms with van der Waals surface area (Å²) in [4.78, 5) is 66.4. The summed E-state index contributed by atoms with van der Waals surface area (Å²) in [5.74, 6) is -1.77. The summed E-state index contributed by atoms with van der Waals surface area (Å²) in [6, 6.07) is 2.94. The van der Waals surface area contributed by atoms with Gasteiger partial charge in [-0.1, -0.05) is 43.2 Å². The molecule has 1 aromatic rings. The summed E-state index contributed by atoms with van der Waals surface area (Å²) in [6.07, 6.45) is 0.255. The third-order valence-corrected chi connectivity index (χ3v) is 6.58. The minimum atomic E-state index is -1.19. The number of hydrogen-bond acceptors (Lipinski definition) is 7. The van der Waals surface area contributed by atoms with Crippen molar-refractivity contribution in [3.8, 4) is 0 Å². The van der Waals surface area contributed by atoms with E-state index in [4.69, 9.17) is 15.2 Å². The second-order valence-electron chi connectivity index (χ2n) is 12.4. The van der Waals surface area contributed by atoms with E-state index in [2.05, 4.69) is 24.5 Å². The van der Waals surface area contributed by atoms with E-state index in [1.54, 1.807) is 27.7 Å². The number of hydrogen-bond donors (Lipinski definition) is 3. The summed E-state index contributed by atoms with van der Waals surface area (Å²) < 4.78 is 10.4. The minimum absolute atomic E-state index is 0.0165. The lowest BCUT2D eigenvalue weighted by atomic mass is 9.94. The number of primary amides is 1. The molecule has 4 amide bonds. The van der Waals surface area contributed by atoms with Gasteiger partial charge in [0, 0.05) is 19.0 Å². The van der Waals surface area contributed by atoms with Crippen LogP contribution in [-0.4, -0.2) is 65.5 Å². The number of rotatable bonds is 16. The van der Waals surface area contributed by atoms with Gasteiger partial charge in [-0.25, -0.2) is 4.79 Å². The molecule has 3 unspecified atom stereocenters. The quantitative estimate of drug-likeness (QED) is 0.238. The van der Waals surface area contributed by atoms with Gasteiger partial charge in [0.15, 0.2) is 0 Å². The molecule has 0 aliphatic carbocycles. The van der Waals surface area contributed by atoms with Crippen LogP contribution in [0.15, 0.2) is 18.2 Å². The summed E-state index contributed by atoms with van der Waals surface area (Å²) in [7, 11) is 0. The Morgan fingerprint density at radius 1 is 0.930 bits per heavy atom. The highest BCUT2D eigenvalue weighted by atomic mass is 16.6. The molecule has 0 radical (unpaired) electrons. The van der Waals surface area contributed by atoms with Crippen molar-refractivity contribution in [2.45, 2.75) is 118 Å². The summed E-state index contributed by atoms with van der Waals surface area (Å²) in [6.45, 7) is 16.9. The molecule has 11 heteroatoms. The van der Waals surface area contributed by atoms with Gasteiger partial charge in [-0.05, 0) is 79.2 Å². The minimum Gasteiger partial charge on any atom is -0.466 e. The lowest BCUT2D eigenvalue weighted by Crippen LogP contribution is -2.55. The number of carbonyl (C=O) groups excluding carboxylic acids is 5. The van der Waals surface area contributed by atoms with Crippen LogP contribution in [0.2, 0.25) is 0 Å². The molecular formula is C32H52N4O7. The Hall–Kier alpha value is -3.63. The van der Waals surface area contributed by atoms with Gasteiger partial charge in [-0.3, -0.25) is 19.2 Å². The van der Waals surface area contributed by atoms with Crippen molar-refractivity contribution in [3.05, 3.63) is 34.9 Å². The van der Waals surface area contributed by atoms with Crippen LogP contribution in [0.4, 0.5) is 4.79 Å². The molecule has 0 fully saturated rings. The van der Waals surface area contributed by atoms with Crippen molar-refractivity contribution in [3.63, 3.8) is 0 Å². The van der Waals surface area contributed by atoms with Crippen LogP contribution < -0.4 is 16.4 Å². The molecule has 43 heavy (non-hydrogen) atoms. The summed E-state index contributed by atoms with van der Waals surface area (Å²) >= 11 is 0. The van der Waals surface area contributed by atoms with E-state index in [0.717, 1.165) is 17.5 Å². The van der Waals surface area contributed by atoms with Gasteiger partial charge in [-0.2, -0.15) is 0 Å². The zero-order valence-corrected chi connectivity index (χ0v) is 27.4. The van der Waals surface area contributed by atoms with Gasteiger partial charge in [0.1, 0.15) is 17.7 Å². The zero-order valence-electron chi connectivity index (χ0n) is 27.4. The smallest absolute Gasteiger partial charge is 0.408 e. The third-order valence-electron chi connectivity index (χ3n) is 6.58. The molecule has 0 aromatic heterocycles. The number of nitrogens with two attached hydrogens (primary N) is 1. The number of benzene rings is 1. The van der Waals surface area contributed by atoms with Crippen molar-refractivity contribution >= 4 is 29.8 Å². The fourth-order valence-electron chi connectivity index (χ4n) is 4.71. The van der Waals surface area contributed by atoms with Crippen LogP contribution in [0.25, 0.3) is 0 Å². The average Bonchev–Trinajstić information content (AvgIpc) is 2.86. The Morgan fingerprint density at radius 3 is 2.05 bits per heavy atom. The van der Waals surface area contributed by atoms with Crippen LogP contribution in [0, 0.1) is 19.8 Å². The van der Waals surface area contributed by atoms with Crippen LogP contribution in [-0.2, 0) is 28.7 Å². The zero-order chi connectivity index (χ0) is 32.9. The average molecular weight is 605 g/mol. The van der Waals surface area contributed by atoms with Crippen molar-refractivity contribution in [1.82, 2.24) is 15.5 Å². The van der Waals surface area contributed by atoms with Gasteiger partial charge in [0.2, 0.25) is 17.7 Å². The molecule has 242 valence electrons. The fraction of sp³-hybridized carbons (Fsp3) is 0.656. The van der Waals surface area contributed by atoms with E-state index in [1.807, 2.05) is 39.0 Å². The van der Waals surface area contributed by atoms with E-state index in [-0.39, 0.29) is 32.4 Å². The standard InChI is InChI=1S/C32H52N4O7/c1-10-42-27(38)15-16-34-29(39)28(24-18-21(4)17-22(5)19-24)36(23(6)12-11-20(2)3)30(40)25(13-14-26(33)37)35-31(41)43-32(7,8)9/h17-20,23,25,28H,10-16H2,1-9H3,(H2,33,37)(H,34,39)(H,35,41). The molecule has 0 aliphatic rings. The van der Waals surface area contributed by atoms with Crippen molar-refractivity contribution in [2.75, 3.05) is 13.2 Å². The predicted molar refractivity (Wildman–Crippen MR) is 165 cm³/mol. The normalized spacial score (nSPS) is 13.4. The first-order chi connectivity index (χ1) is 19.9. The molecule has 3 atom stereocenters. The molecule has 0 spiro atoms.